The fourth-order valence-electron chi connectivity index (χ4n) is 0.510. The second kappa shape index (κ2) is 1.11. The fraction of sp³-hybridized carbons (Fsp3) is 0.500. The Labute approximate surface area is 38.9 Å². The lowest BCUT2D eigenvalue weighted by atomic mass is 9.88. The highest BCUT2D eigenvalue weighted by atomic mass is 14.1. The van der Waals surface area contributed by atoms with Gasteiger partial charge in [0.1, 0.15) is 0 Å². The maximum Gasteiger partial charge on any atom is 0.000915 e. The van der Waals surface area contributed by atoms with E-state index in [0.29, 0.717) is 0 Å². The molecule has 1 rings (SSSR count). The van der Waals surface area contributed by atoms with Gasteiger partial charge in [-0.2, -0.15) is 0 Å². The molecule has 0 heteroatoms. The maximum absolute atomic E-state index is 2.25. The van der Waals surface area contributed by atoms with Crippen LogP contribution >= 0.6 is 0 Å². The summed E-state index contributed by atoms with van der Waals surface area (Å²) in [7, 11) is 0. The van der Waals surface area contributed by atoms with Crippen LogP contribution < -0.4 is 0 Å². The second-order valence-corrected chi connectivity index (χ2v) is 1.87. The van der Waals surface area contributed by atoms with Crippen LogP contribution in [-0.2, 0) is 0 Å². The molecule has 0 spiro atoms. The van der Waals surface area contributed by atoms with Crippen LogP contribution in [0.15, 0.2) is 11.6 Å². The largest absolute Gasteiger partial charge is 0.0841 e. The molecule has 1 radical (unpaired) electrons. The first kappa shape index (κ1) is 3.91. The van der Waals surface area contributed by atoms with Gasteiger partial charge in [-0.1, -0.05) is 18.6 Å². The molecule has 0 aromatic carbocycles. The Balaban J connectivity index is 2.51. The molecule has 0 aromatic rings. The summed E-state index contributed by atoms with van der Waals surface area (Å²) >= 11 is 0. The summed E-state index contributed by atoms with van der Waals surface area (Å²) in [6.07, 6.45) is 3.47. The molecule has 0 N–H and O–H groups in total. The van der Waals surface area contributed by atoms with Crippen LogP contribution in [0.4, 0.5) is 0 Å². The van der Waals surface area contributed by atoms with Crippen LogP contribution in [0.3, 0.4) is 0 Å². The zero-order valence-corrected chi connectivity index (χ0v) is 4.28. The van der Waals surface area contributed by atoms with Crippen molar-refractivity contribution in [2.45, 2.75) is 20.3 Å². The molecule has 0 unspecified atom stereocenters. The number of rotatable bonds is 0. The second-order valence-electron chi connectivity index (χ2n) is 1.87. The Morgan fingerprint density at radius 3 is 2.00 bits per heavy atom. The van der Waals surface area contributed by atoms with Crippen LogP contribution in [-0.4, -0.2) is 0 Å². The van der Waals surface area contributed by atoms with Gasteiger partial charge in [0, 0.05) is 5.92 Å². The average Bonchev–Trinajstić information content (AvgIpc) is 1.61. The Kier molecular flexibility index (Phi) is 0.722. The molecular weight excluding hydrogens is 72.1 g/mol. The molecule has 0 saturated carbocycles. The lowest BCUT2D eigenvalue weighted by Gasteiger charge is -2.17. The Hall–Kier alpha value is -0.260. The average molecular weight is 81.1 g/mol. The quantitative estimate of drug-likeness (QED) is 0.418. The lowest BCUT2D eigenvalue weighted by molar-refractivity contribution is 0.913. The molecule has 1 aliphatic carbocycles. The summed E-state index contributed by atoms with van der Waals surface area (Å²) in [6, 6.07) is 0. The lowest BCUT2D eigenvalue weighted by Crippen LogP contribution is -2.00. The van der Waals surface area contributed by atoms with Crippen molar-refractivity contribution in [3.63, 3.8) is 0 Å². The van der Waals surface area contributed by atoms with E-state index in [2.05, 4.69) is 19.9 Å². The Morgan fingerprint density at radius 2 is 2.00 bits per heavy atom. The van der Waals surface area contributed by atoms with Crippen molar-refractivity contribution >= 4 is 0 Å². The summed E-state index contributed by atoms with van der Waals surface area (Å²) in [6.45, 7) is 4.33. The summed E-state index contributed by atoms with van der Waals surface area (Å²) in [4.78, 5) is 0. The molecule has 0 amide bonds. The molecular formula is C6H9. The van der Waals surface area contributed by atoms with Gasteiger partial charge in [0.25, 0.3) is 0 Å². The molecule has 33 valence electrons. The van der Waals surface area contributed by atoms with E-state index in [0.717, 1.165) is 0 Å². The predicted molar refractivity (Wildman–Crippen MR) is 27.3 cm³/mol. The molecule has 0 bridgehead atoms. The third kappa shape index (κ3) is 0.368. The van der Waals surface area contributed by atoms with Crippen molar-refractivity contribution < 1.29 is 0 Å². The van der Waals surface area contributed by atoms with E-state index in [1.54, 1.807) is 5.92 Å². The van der Waals surface area contributed by atoms with E-state index in [1.165, 1.54) is 12.0 Å². The molecule has 0 atom stereocenters. The maximum atomic E-state index is 2.25. The van der Waals surface area contributed by atoms with Crippen molar-refractivity contribution in [3.8, 4) is 0 Å². The zero-order valence-electron chi connectivity index (χ0n) is 4.28. The Morgan fingerprint density at radius 1 is 1.50 bits per heavy atom. The highest BCUT2D eigenvalue weighted by Gasteiger charge is 2.09. The monoisotopic (exact) mass is 81.1 g/mol. The van der Waals surface area contributed by atoms with Gasteiger partial charge in [-0.25, -0.2) is 0 Å². The van der Waals surface area contributed by atoms with E-state index in [4.69, 9.17) is 0 Å². The fourth-order valence-corrected chi connectivity index (χ4v) is 0.510. The van der Waals surface area contributed by atoms with E-state index in [-0.39, 0.29) is 0 Å². The summed E-state index contributed by atoms with van der Waals surface area (Å²) in [5.74, 6) is 1.55. The van der Waals surface area contributed by atoms with Gasteiger partial charge in [-0.3, -0.25) is 0 Å². The van der Waals surface area contributed by atoms with Crippen molar-refractivity contribution in [3.05, 3.63) is 17.6 Å². The van der Waals surface area contributed by atoms with E-state index < -0.39 is 0 Å². The highest BCUT2D eigenvalue weighted by Crippen LogP contribution is 2.26. The normalized spacial score (nSPS) is 22.7. The van der Waals surface area contributed by atoms with Crippen LogP contribution in [0.5, 0.6) is 0 Å². The summed E-state index contributed by atoms with van der Waals surface area (Å²) in [5.41, 5.74) is 1.48. The Bertz CT molecular complexity index is 80.0. The first-order valence-corrected chi connectivity index (χ1v) is 2.30. The van der Waals surface area contributed by atoms with Crippen LogP contribution in [0.1, 0.15) is 20.3 Å². The predicted octanol–water partition coefficient (Wildman–Crippen LogP) is 1.93. The van der Waals surface area contributed by atoms with Gasteiger partial charge in [-0.15, -0.1) is 0 Å². The minimum atomic E-state index is 1.23. The van der Waals surface area contributed by atoms with Crippen LogP contribution in [0.25, 0.3) is 0 Å². The highest BCUT2D eigenvalue weighted by molar-refractivity contribution is 5.31. The smallest absolute Gasteiger partial charge is 0.000915 e. The number of hydrogen-bond donors (Lipinski definition) is 0. The van der Waals surface area contributed by atoms with Crippen molar-refractivity contribution in [1.29, 1.82) is 0 Å². The van der Waals surface area contributed by atoms with Gasteiger partial charge < -0.3 is 0 Å². The third-order valence-electron chi connectivity index (χ3n) is 1.39. The molecule has 0 nitrogen and oxygen atoms in total. The third-order valence-corrected chi connectivity index (χ3v) is 1.39. The summed E-state index contributed by atoms with van der Waals surface area (Å²) < 4.78 is 0. The van der Waals surface area contributed by atoms with Gasteiger partial charge in [0.05, 0.1) is 0 Å². The van der Waals surface area contributed by atoms with Crippen molar-refractivity contribution in [2.75, 3.05) is 0 Å². The van der Waals surface area contributed by atoms with E-state index in [9.17, 15) is 0 Å². The topological polar surface area (TPSA) is 0 Å². The van der Waals surface area contributed by atoms with E-state index >= 15 is 0 Å². The van der Waals surface area contributed by atoms with Crippen molar-refractivity contribution in [2.24, 2.45) is 0 Å². The molecule has 0 fully saturated rings. The minimum absolute atomic E-state index is 1.23. The molecule has 0 aromatic heterocycles. The molecule has 0 heterocycles. The van der Waals surface area contributed by atoms with E-state index in [1.807, 2.05) is 0 Å². The van der Waals surface area contributed by atoms with Gasteiger partial charge in [0.15, 0.2) is 0 Å². The molecule has 6 heavy (non-hydrogen) atoms. The van der Waals surface area contributed by atoms with Gasteiger partial charge in [-0.05, 0) is 13.3 Å². The first-order chi connectivity index (χ1) is 2.80. The standard InChI is InChI=1S/C6H9/c1-5-3-4-6(5)2/h3H,4H2,1-2H3. The summed E-state index contributed by atoms with van der Waals surface area (Å²) in [5, 5.41) is 0. The first-order valence-electron chi connectivity index (χ1n) is 2.30. The number of allylic oxidation sites excluding steroid dienone is 2. The number of hydrogen-bond acceptors (Lipinski definition) is 0. The molecule has 0 saturated heterocycles. The molecule has 0 aliphatic heterocycles. The van der Waals surface area contributed by atoms with Gasteiger partial charge >= 0.3 is 0 Å². The SMILES string of the molecule is C[C]1CC=C1C. The van der Waals surface area contributed by atoms with Gasteiger partial charge in [0.2, 0.25) is 0 Å². The van der Waals surface area contributed by atoms with Crippen molar-refractivity contribution in [1.82, 2.24) is 0 Å². The van der Waals surface area contributed by atoms with Crippen LogP contribution in [0, 0.1) is 5.92 Å². The zero-order chi connectivity index (χ0) is 4.57. The van der Waals surface area contributed by atoms with Crippen LogP contribution in [0.2, 0.25) is 0 Å². The minimum Gasteiger partial charge on any atom is -0.0841 e. The molecule has 1 aliphatic rings.